The van der Waals surface area contributed by atoms with Crippen molar-refractivity contribution in [2.75, 3.05) is 6.54 Å². The average molecular weight is 288 g/mol. The molecule has 104 valence electrons. The SMILES string of the molecule is CC(=O)N1CCCC1c1nc(C)cc(-c2nccs2)n1. The normalized spacial score (nSPS) is 18.5. The first-order valence-corrected chi connectivity index (χ1v) is 7.56. The van der Waals surface area contributed by atoms with Gasteiger partial charge in [-0.05, 0) is 25.8 Å². The molecule has 1 saturated heterocycles. The quantitative estimate of drug-likeness (QED) is 0.852. The Morgan fingerprint density at radius 1 is 1.45 bits per heavy atom. The third kappa shape index (κ3) is 2.43. The van der Waals surface area contributed by atoms with Crippen LogP contribution in [0.15, 0.2) is 17.6 Å². The molecule has 6 heteroatoms. The predicted octanol–water partition coefficient (Wildman–Crippen LogP) is 2.59. The van der Waals surface area contributed by atoms with Gasteiger partial charge in [0, 0.05) is 30.7 Å². The Hall–Kier alpha value is -1.82. The number of carbonyl (C=O) groups excluding carboxylic acids is 1. The highest BCUT2D eigenvalue weighted by molar-refractivity contribution is 7.13. The number of amides is 1. The molecule has 0 bridgehead atoms. The van der Waals surface area contributed by atoms with Gasteiger partial charge in [0.25, 0.3) is 0 Å². The van der Waals surface area contributed by atoms with Crippen LogP contribution in [0, 0.1) is 6.92 Å². The van der Waals surface area contributed by atoms with Crippen LogP contribution in [0.2, 0.25) is 0 Å². The van der Waals surface area contributed by atoms with E-state index in [9.17, 15) is 4.79 Å². The summed E-state index contributed by atoms with van der Waals surface area (Å²) in [5.41, 5.74) is 1.76. The molecule has 0 aromatic carbocycles. The van der Waals surface area contributed by atoms with Gasteiger partial charge in [0.15, 0.2) is 5.82 Å². The molecule has 5 nitrogen and oxygen atoms in total. The first-order valence-electron chi connectivity index (χ1n) is 6.68. The molecule has 0 aliphatic carbocycles. The van der Waals surface area contributed by atoms with Gasteiger partial charge in [-0.3, -0.25) is 4.79 Å². The van der Waals surface area contributed by atoms with E-state index in [1.807, 2.05) is 23.3 Å². The summed E-state index contributed by atoms with van der Waals surface area (Å²) in [4.78, 5) is 27.0. The summed E-state index contributed by atoms with van der Waals surface area (Å²) in [6.07, 6.45) is 3.71. The molecule has 1 fully saturated rings. The molecule has 2 aromatic rings. The largest absolute Gasteiger partial charge is 0.333 e. The van der Waals surface area contributed by atoms with Crippen LogP contribution >= 0.6 is 11.3 Å². The van der Waals surface area contributed by atoms with Gasteiger partial charge in [0.1, 0.15) is 10.7 Å². The van der Waals surface area contributed by atoms with Gasteiger partial charge in [-0.15, -0.1) is 11.3 Å². The highest BCUT2D eigenvalue weighted by Crippen LogP contribution is 2.31. The second kappa shape index (κ2) is 5.28. The molecule has 0 radical (unpaired) electrons. The maximum absolute atomic E-state index is 11.7. The van der Waals surface area contributed by atoms with E-state index in [0.717, 1.165) is 41.6 Å². The van der Waals surface area contributed by atoms with Gasteiger partial charge < -0.3 is 4.90 Å². The van der Waals surface area contributed by atoms with Crippen LogP contribution < -0.4 is 0 Å². The molecule has 3 rings (SSSR count). The molecule has 1 aliphatic heterocycles. The van der Waals surface area contributed by atoms with Gasteiger partial charge >= 0.3 is 0 Å². The van der Waals surface area contributed by atoms with E-state index in [1.54, 1.807) is 24.5 Å². The van der Waals surface area contributed by atoms with Crippen LogP contribution in [0.1, 0.15) is 37.3 Å². The zero-order chi connectivity index (χ0) is 14.1. The van der Waals surface area contributed by atoms with Crippen LogP contribution in [-0.4, -0.2) is 32.3 Å². The lowest BCUT2D eigenvalue weighted by atomic mass is 10.2. The Kier molecular flexibility index (Phi) is 3.48. The number of aryl methyl sites for hydroxylation is 1. The van der Waals surface area contributed by atoms with Crippen molar-refractivity contribution in [3.63, 3.8) is 0 Å². The fourth-order valence-corrected chi connectivity index (χ4v) is 3.21. The molecule has 20 heavy (non-hydrogen) atoms. The van der Waals surface area contributed by atoms with Crippen molar-refractivity contribution in [3.05, 3.63) is 29.2 Å². The van der Waals surface area contributed by atoms with E-state index in [4.69, 9.17) is 0 Å². The van der Waals surface area contributed by atoms with Crippen molar-refractivity contribution in [3.8, 4) is 10.7 Å². The molecule has 2 aromatic heterocycles. The molecular weight excluding hydrogens is 272 g/mol. The molecule has 3 heterocycles. The third-order valence-corrected chi connectivity index (χ3v) is 4.27. The Morgan fingerprint density at radius 3 is 3.00 bits per heavy atom. The van der Waals surface area contributed by atoms with Crippen molar-refractivity contribution in [2.45, 2.75) is 32.7 Å². The van der Waals surface area contributed by atoms with Crippen LogP contribution in [0.25, 0.3) is 10.7 Å². The van der Waals surface area contributed by atoms with Gasteiger partial charge in [0.05, 0.1) is 6.04 Å². The summed E-state index contributed by atoms with van der Waals surface area (Å²) in [6.45, 7) is 4.36. The number of rotatable bonds is 2. The van der Waals surface area contributed by atoms with E-state index in [1.165, 1.54) is 0 Å². The fraction of sp³-hybridized carbons (Fsp3) is 0.429. The highest BCUT2D eigenvalue weighted by Gasteiger charge is 2.30. The van der Waals surface area contributed by atoms with Crippen molar-refractivity contribution in [1.82, 2.24) is 19.9 Å². The number of hydrogen-bond acceptors (Lipinski definition) is 5. The monoisotopic (exact) mass is 288 g/mol. The van der Waals surface area contributed by atoms with Gasteiger partial charge in [-0.25, -0.2) is 15.0 Å². The number of carbonyl (C=O) groups is 1. The van der Waals surface area contributed by atoms with Gasteiger partial charge in [0.2, 0.25) is 5.91 Å². The van der Waals surface area contributed by atoms with Crippen molar-refractivity contribution >= 4 is 17.2 Å². The summed E-state index contributed by atoms with van der Waals surface area (Å²) in [5.74, 6) is 0.830. The smallest absolute Gasteiger partial charge is 0.220 e. The second-order valence-electron chi connectivity index (χ2n) is 4.96. The van der Waals surface area contributed by atoms with E-state index in [-0.39, 0.29) is 11.9 Å². The Morgan fingerprint density at radius 2 is 2.30 bits per heavy atom. The Bertz CT molecular complexity index is 626. The molecule has 0 saturated carbocycles. The maximum Gasteiger partial charge on any atom is 0.220 e. The first-order chi connectivity index (χ1) is 9.65. The number of likely N-dealkylation sites (tertiary alicyclic amines) is 1. The minimum atomic E-state index is 0.00566. The van der Waals surface area contributed by atoms with E-state index < -0.39 is 0 Å². The lowest BCUT2D eigenvalue weighted by molar-refractivity contribution is -0.129. The second-order valence-corrected chi connectivity index (χ2v) is 5.86. The van der Waals surface area contributed by atoms with Crippen LogP contribution in [-0.2, 0) is 4.79 Å². The van der Waals surface area contributed by atoms with E-state index >= 15 is 0 Å². The van der Waals surface area contributed by atoms with E-state index in [0.29, 0.717) is 0 Å². The summed E-state index contributed by atoms with van der Waals surface area (Å²) in [5, 5.41) is 2.83. The molecular formula is C14H16N4OS. The number of aromatic nitrogens is 3. The van der Waals surface area contributed by atoms with E-state index in [2.05, 4.69) is 15.0 Å². The molecule has 1 unspecified atom stereocenters. The highest BCUT2D eigenvalue weighted by atomic mass is 32.1. The van der Waals surface area contributed by atoms with Crippen molar-refractivity contribution in [2.24, 2.45) is 0 Å². The summed E-state index contributed by atoms with van der Waals surface area (Å²) in [6, 6.07) is 1.95. The fourth-order valence-electron chi connectivity index (χ4n) is 2.61. The number of hydrogen-bond donors (Lipinski definition) is 0. The van der Waals surface area contributed by atoms with Crippen LogP contribution in [0.3, 0.4) is 0 Å². The summed E-state index contributed by atoms with van der Waals surface area (Å²) >= 11 is 1.56. The number of thiazole rings is 1. The summed E-state index contributed by atoms with van der Waals surface area (Å²) in [7, 11) is 0. The van der Waals surface area contributed by atoms with Gasteiger partial charge in [-0.2, -0.15) is 0 Å². The van der Waals surface area contributed by atoms with Crippen LogP contribution in [0.5, 0.6) is 0 Å². The number of nitrogens with zero attached hydrogens (tertiary/aromatic N) is 4. The standard InChI is InChI=1S/C14H16N4OS/c1-9-8-11(14-15-5-7-20-14)17-13(16-9)12-4-3-6-18(12)10(2)19/h5,7-8,12H,3-4,6H2,1-2H3. The topological polar surface area (TPSA) is 59.0 Å². The zero-order valence-corrected chi connectivity index (χ0v) is 12.4. The zero-order valence-electron chi connectivity index (χ0n) is 11.5. The first kappa shape index (κ1) is 13.2. The van der Waals surface area contributed by atoms with Crippen molar-refractivity contribution < 1.29 is 4.79 Å². The average Bonchev–Trinajstić information content (AvgIpc) is 3.09. The molecule has 1 aliphatic rings. The van der Waals surface area contributed by atoms with Gasteiger partial charge in [-0.1, -0.05) is 0 Å². The van der Waals surface area contributed by atoms with Crippen molar-refractivity contribution in [1.29, 1.82) is 0 Å². The predicted molar refractivity (Wildman–Crippen MR) is 77.2 cm³/mol. The molecule has 0 spiro atoms. The molecule has 0 N–H and O–H groups in total. The Balaban J connectivity index is 2.00. The summed E-state index contributed by atoms with van der Waals surface area (Å²) < 4.78 is 0. The Labute approximate surface area is 121 Å². The van der Waals surface area contributed by atoms with Crippen LogP contribution in [0.4, 0.5) is 0 Å². The molecule has 1 atom stereocenters. The minimum Gasteiger partial charge on any atom is -0.333 e. The minimum absolute atomic E-state index is 0.00566. The maximum atomic E-state index is 11.7. The third-order valence-electron chi connectivity index (χ3n) is 3.48. The lowest BCUT2D eigenvalue weighted by Crippen LogP contribution is -2.29. The lowest BCUT2D eigenvalue weighted by Gasteiger charge is -2.22. The molecule has 1 amide bonds.